The van der Waals surface area contributed by atoms with Gasteiger partial charge in [-0.05, 0) is 0 Å². The molecule has 0 aromatic rings. The second-order valence-electron chi connectivity index (χ2n) is 2.06. The predicted molar refractivity (Wildman–Crippen MR) is 40.6 cm³/mol. The van der Waals surface area contributed by atoms with E-state index in [-0.39, 0.29) is 12.6 Å². The van der Waals surface area contributed by atoms with Crippen LogP contribution < -0.4 is 16.8 Å². The molecule has 0 aliphatic rings. The molecule has 1 unspecified atom stereocenters. The predicted octanol–water partition coefficient (Wildman–Crippen LogP) is -1.37. The molecule has 60 valence electrons. The Morgan fingerprint density at radius 2 is 2.30 bits per heavy atom. The minimum Gasteiger partial charge on any atom is -0.329 e. The molecule has 5 N–H and O–H groups in total. The molecule has 0 heterocycles. The third kappa shape index (κ3) is 5.61. The Bertz CT molecular complexity index is 87.7. The number of nitrogens with zero attached hydrogens (tertiary/aromatic N) is 1. The Balaban J connectivity index is 3.04. The molecule has 0 radical (unpaired) electrons. The summed E-state index contributed by atoms with van der Waals surface area (Å²) >= 11 is 0. The van der Waals surface area contributed by atoms with E-state index in [2.05, 4.69) is 10.5 Å². The number of nitroso groups, excluding NO2 is 1. The van der Waals surface area contributed by atoms with Crippen LogP contribution in [-0.4, -0.2) is 32.2 Å². The maximum absolute atomic E-state index is 9.67. The van der Waals surface area contributed by atoms with Crippen LogP contribution in [0.1, 0.15) is 0 Å². The van der Waals surface area contributed by atoms with E-state index in [0.717, 1.165) is 6.54 Å². The molecule has 1 atom stereocenters. The molecule has 0 aromatic heterocycles. The summed E-state index contributed by atoms with van der Waals surface area (Å²) in [5.41, 5.74) is 10.6. The van der Waals surface area contributed by atoms with Gasteiger partial charge in [0.1, 0.15) is 0 Å². The van der Waals surface area contributed by atoms with Gasteiger partial charge >= 0.3 is 0 Å². The highest BCUT2D eigenvalue weighted by Crippen LogP contribution is 1.75. The van der Waals surface area contributed by atoms with Crippen LogP contribution in [0.15, 0.2) is 5.18 Å². The lowest BCUT2D eigenvalue weighted by atomic mass is 10.3. The van der Waals surface area contributed by atoms with Crippen molar-refractivity contribution in [2.75, 3.05) is 26.2 Å². The van der Waals surface area contributed by atoms with Crippen molar-refractivity contribution in [1.29, 1.82) is 0 Å². The zero-order valence-corrected chi connectivity index (χ0v) is 5.92. The summed E-state index contributed by atoms with van der Waals surface area (Å²) in [6.45, 7) is 2.08. The van der Waals surface area contributed by atoms with Crippen LogP contribution in [0.25, 0.3) is 0 Å². The third-order valence-corrected chi connectivity index (χ3v) is 1.04. The Hall–Kier alpha value is -0.520. The van der Waals surface area contributed by atoms with Gasteiger partial charge in [-0.15, -0.1) is 0 Å². The lowest BCUT2D eigenvalue weighted by molar-refractivity contribution is 0.586. The van der Waals surface area contributed by atoms with Gasteiger partial charge in [-0.2, -0.15) is 4.91 Å². The quantitative estimate of drug-likeness (QED) is 0.318. The van der Waals surface area contributed by atoms with E-state index >= 15 is 0 Å². The highest BCUT2D eigenvalue weighted by molar-refractivity contribution is 4.66. The average Bonchev–Trinajstić information content (AvgIpc) is 1.89. The summed E-state index contributed by atoms with van der Waals surface area (Å²) in [5.74, 6) is 0. The van der Waals surface area contributed by atoms with E-state index in [0.29, 0.717) is 13.1 Å². The molecule has 0 saturated carbocycles. The number of hydrogen-bond donors (Lipinski definition) is 3. The fourth-order valence-corrected chi connectivity index (χ4v) is 0.550. The smallest absolute Gasteiger partial charge is 0.0974 e. The molecule has 5 heteroatoms. The first-order valence-electron chi connectivity index (χ1n) is 3.26. The summed E-state index contributed by atoms with van der Waals surface area (Å²) in [6.07, 6.45) is 0. The van der Waals surface area contributed by atoms with Crippen molar-refractivity contribution in [3.63, 3.8) is 0 Å². The molecule has 0 spiro atoms. The lowest BCUT2D eigenvalue weighted by Gasteiger charge is -2.06. The topological polar surface area (TPSA) is 93.5 Å². The normalized spacial score (nSPS) is 13.0. The molecule has 0 amide bonds. The summed E-state index contributed by atoms with van der Waals surface area (Å²) in [6, 6.07) is -0.177. The van der Waals surface area contributed by atoms with Gasteiger partial charge in [-0.25, -0.2) is 0 Å². The van der Waals surface area contributed by atoms with Crippen molar-refractivity contribution in [2.24, 2.45) is 16.6 Å². The summed E-state index contributed by atoms with van der Waals surface area (Å²) < 4.78 is 0. The molecule has 0 aliphatic carbocycles. The first-order chi connectivity index (χ1) is 4.81. The van der Waals surface area contributed by atoms with Gasteiger partial charge in [0.15, 0.2) is 0 Å². The van der Waals surface area contributed by atoms with Crippen LogP contribution in [0.5, 0.6) is 0 Å². The highest BCUT2D eigenvalue weighted by atomic mass is 16.3. The largest absolute Gasteiger partial charge is 0.329 e. The molecule has 0 rings (SSSR count). The standard InChI is InChI=1S/C5H14N4O/c6-1-2-8-3-5(7)4-9-10/h5,8H,1-4,6-7H2. The zero-order chi connectivity index (χ0) is 7.82. The molecular formula is C5H14N4O. The van der Waals surface area contributed by atoms with Gasteiger partial charge in [0.05, 0.1) is 6.54 Å². The first kappa shape index (κ1) is 9.48. The second-order valence-corrected chi connectivity index (χ2v) is 2.06. The van der Waals surface area contributed by atoms with Gasteiger partial charge in [-0.3, -0.25) is 0 Å². The van der Waals surface area contributed by atoms with Gasteiger partial charge in [0, 0.05) is 25.7 Å². The van der Waals surface area contributed by atoms with E-state index < -0.39 is 0 Å². The molecule has 0 saturated heterocycles. The number of nitrogens with two attached hydrogens (primary N) is 2. The van der Waals surface area contributed by atoms with E-state index in [4.69, 9.17) is 11.5 Å². The Morgan fingerprint density at radius 1 is 1.60 bits per heavy atom. The number of nitrogens with one attached hydrogen (secondary N) is 1. The summed E-state index contributed by atoms with van der Waals surface area (Å²) in [5, 5.41) is 5.64. The molecule has 10 heavy (non-hydrogen) atoms. The molecule has 0 fully saturated rings. The Morgan fingerprint density at radius 3 is 2.80 bits per heavy atom. The fourth-order valence-electron chi connectivity index (χ4n) is 0.550. The maximum atomic E-state index is 9.67. The van der Waals surface area contributed by atoms with Gasteiger partial charge in [0.2, 0.25) is 0 Å². The van der Waals surface area contributed by atoms with Gasteiger partial charge in [0.25, 0.3) is 0 Å². The van der Waals surface area contributed by atoms with Crippen molar-refractivity contribution < 1.29 is 0 Å². The van der Waals surface area contributed by atoms with Gasteiger partial charge in [-0.1, -0.05) is 5.18 Å². The number of hydrogen-bond acceptors (Lipinski definition) is 5. The Labute approximate surface area is 60.1 Å². The zero-order valence-electron chi connectivity index (χ0n) is 5.92. The van der Waals surface area contributed by atoms with Crippen LogP contribution in [0.3, 0.4) is 0 Å². The molecule has 5 nitrogen and oxygen atoms in total. The second kappa shape index (κ2) is 6.60. The highest BCUT2D eigenvalue weighted by Gasteiger charge is 1.99. The average molecular weight is 146 g/mol. The molecule has 0 aromatic carbocycles. The van der Waals surface area contributed by atoms with Crippen LogP contribution in [0.2, 0.25) is 0 Å². The van der Waals surface area contributed by atoms with Crippen LogP contribution >= 0.6 is 0 Å². The van der Waals surface area contributed by atoms with E-state index in [1.807, 2.05) is 0 Å². The summed E-state index contributed by atoms with van der Waals surface area (Å²) in [4.78, 5) is 9.67. The minimum atomic E-state index is -0.177. The number of rotatable bonds is 6. The molecule has 0 aliphatic heterocycles. The first-order valence-corrected chi connectivity index (χ1v) is 3.26. The van der Waals surface area contributed by atoms with Crippen molar-refractivity contribution in [2.45, 2.75) is 6.04 Å². The van der Waals surface area contributed by atoms with Crippen LogP contribution in [0.4, 0.5) is 0 Å². The third-order valence-electron chi connectivity index (χ3n) is 1.04. The maximum Gasteiger partial charge on any atom is 0.0974 e. The Kier molecular flexibility index (Phi) is 6.25. The lowest BCUT2D eigenvalue weighted by Crippen LogP contribution is -2.37. The van der Waals surface area contributed by atoms with E-state index in [1.165, 1.54) is 0 Å². The van der Waals surface area contributed by atoms with Crippen molar-refractivity contribution >= 4 is 0 Å². The van der Waals surface area contributed by atoms with E-state index in [9.17, 15) is 4.91 Å². The SMILES string of the molecule is NCCNCC(N)CN=O. The monoisotopic (exact) mass is 146 g/mol. The van der Waals surface area contributed by atoms with Crippen LogP contribution in [0, 0.1) is 4.91 Å². The van der Waals surface area contributed by atoms with Crippen molar-refractivity contribution in [3.05, 3.63) is 4.91 Å². The van der Waals surface area contributed by atoms with Crippen LogP contribution in [-0.2, 0) is 0 Å². The summed E-state index contributed by atoms with van der Waals surface area (Å²) in [7, 11) is 0. The van der Waals surface area contributed by atoms with E-state index in [1.54, 1.807) is 0 Å². The van der Waals surface area contributed by atoms with Crippen molar-refractivity contribution in [1.82, 2.24) is 5.32 Å². The van der Waals surface area contributed by atoms with Gasteiger partial charge < -0.3 is 16.8 Å². The van der Waals surface area contributed by atoms with Crippen molar-refractivity contribution in [3.8, 4) is 0 Å². The minimum absolute atomic E-state index is 0.164. The molecular weight excluding hydrogens is 132 g/mol. The fraction of sp³-hybridized carbons (Fsp3) is 1.00. The molecule has 0 bridgehead atoms.